The lowest BCUT2D eigenvalue weighted by Gasteiger charge is -2.04. The lowest BCUT2D eigenvalue weighted by atomic mass is 10.2. The fraction of sp³-hybridized carbons (Fsp3) is 0.444. The molecule has 13 heavy (non-hydrogen) atoms. The number of esters is 1. The Kier molecular flexibility index (Phi) is 5.20. The second-order valence-electron chi connectivity index (χ2n) is 2.11. The molecule has 0 aromatic rings. The molecule has 70 valence electrons. The van der Waals surface area contributed by atoms with Crippen molar-refractivity contribution in [3.63, 3.8) is 0 Å². The topological polar surface area (TPSA) is 59.3 Å². The van der Waals surface area contributed by atoms with E-state index in [0.29, 0.717) is 6.61 Å². The molecule has 0 aromatic carbocycles. The average molecular weight is 182 g/mol. The average Bonchev–Trinajstić information content (AvgIpc) is 2.06. The van der Waals surface area contributed by atoms with E-state index in [1.807, 2.05) is 0 Å². The minimum Gasteiger partial charge on any atom is -0.497 e. The Morgan fingerprint density at radius 2 is 2.15 bits per heavy atom. The van der Waals surface area contributed by atoms with E-state index in [0.717, 1.165) is 0 Å². The van der Waals surface area contributed by atoms with E-state index in [1.54, 1.807) is 19.9 Å². The van der Waals surface area contributed by atoms with E-state index in [4.69, 9.17) is 10.00 Å². The molecule has 0 aliphatic heterocycles. The third-order valence-corrected chi connectivity index (χ3v) is 1.26. The highest BCUT2D eigenvalue weighted by Gasteiger charge is 2.15. The van der Waals surface area contributed by atoms with Crippen molar-refractivity contribution in [2.45, 2.75) is 13.8 Å². The highest BCUT2D eigenvalue weighted by molar-refractivity contribution is 5.93. The summed E-state index contributed by atoms with van der Waals surface area (Å²) in [6.07, 6.45) is 0. The zero-order chi connectivity index (χ0) is 10.3. The van der Waals surface area contributed by atoms with Gasteiger partial charge in [0.25, 0.3) is 0 Å². The standard InChI is InChI=1S/C9H12NO3/c1-4-12-7(3)8(6-10)9(11)13-5-2/h2,4-5H2,1,3H3/q+1/b8-7+. The molecule has 0 rings (SSSR count). The largest absolute Gasteiger partial charge is 0.497 e. The number of nitrogens with zero attached hydrogens (tertiary/aromatic N) is 1. The van der Waals surface area contributed by atoms with Crippen molar-refractivity contribution < 1.29 is 14.3 Å². The van der Waals surface area contributed by atoms with Gasteiger partial charge in [-0.25, -0.2) is 4.79 Å². The van der Waals surface area contributed by atoms with Crippen LogP contribution in [0.15, 0.2) is 11.3 Å². The van der Waals surface area contributed by atoms with Crippen molar-refractivity contribution in [1.82, 2.24) is 0 Å². The number of ether oxygens (including phenoxy) is 2. The van der Waals surface area contributed by atoms with Crippen LogP contribution in [0.3, 0.4) is 0 Å². The summed E-state index contributed by atoms with van der Waals surface area (Å²) >= 11 is 0. The SMILES string of the molecule is [CH2+]COC(=O)/C(C#N)=C(\C)OCC. The Hall–Kier alpha value is -1.63. The molecule has 4 heteroatoms. The van der Waals surface area contributed by atoms with Gasteiger partial charge in [-0.2, -0.15) is 5.26 Å². The maximum atomic E-state index is 11.1. The number of allylic oxidation sites excluding steroid dienone is 1. The Morgan fingerprint density at radius 1 is 1.54 bits per heavy atom. The van der Waals surface area contributed by atoms with Crippen LogP contribution in [0.2, 0.25) is 0 Å². The molecule has 0 bridgehead atoms. The van der Waals surface area contributed by atoms with E-state index >= 15 is 0 Å². The van der Waals surface area contributed by atoms with Crippen LogP contribution in [0.5, 0.6) is 0 Å². The lowest BCUT2D eigenvalue weighted by molar-refractivity contribution is -0.137. The summed E-state index contributed by atoms with van der Waals surface area (Å²) in [7, 11) is 0. The van der Waals surface area contributed by atoms with E-state index in [-0.39, 0.29) is 17.9 Å². The molecule has 0 spiro atoms. The minimum atomic E-state index is -0.691. The van der Waals surface area contributed by atoms with Crippen LogP contribution in [-0.4, -0.2) is 19.2 Å². The number of hydrogen-bond donors (Lipinski definition) is 0. The summed E-state index contributed by atoms with van der Waals surface area (Å²) in [5, 5.41) is 8.61. The van der Waals surface area contributed by atoms with Gasteiger partial charge in [-0.05, 0) is 13.8 Å². The summed E-state index contributed by atoms with van der Waals surface area (Å²) < 4.78 is 9.55. The molecule has 0 saturated carbocycles. The van der Waals surface area contributed by atoms with Crippen LogP contribution in [0, 0.1) is 18.3 Å². The summed E-state index contributed by atoms with van der Waals surface area (Å²) in [6, 6.07) is 1.72. The van der Waals surface area contributed by atoms with Crippen LogP contribution >= 0.6 is 0 Å². The van der Waals surface area contributed by atoms with Crippen LogP contribution in [0.4, 0.5) is 0 Å². The van der Waals surface area contributed by atoms with E-state index in [2.05, 4.69) is 11.7 Å². The Labute approximate surface area is 77.8 Å². The Balaban J connectivity index is 4.59. The van der Waals surface area contributed by atoms with E-state index in [1.165, 1.54) is 0 Å². The molecule has 0 aromatic heterocycles. The summed E-state index contributed by atoms with van der Waals surface area (Å²) in [4.78, 5) is 11.1. The molecule has 0 amide bonds. The van der Waals surface area contributed by atoms with Crippen LogP contribution in [0.25, 0.3) is 0 Å². The first-order valence-corrected chi connectivity index (χ1v) is 3.87. The number of rotatable bonds is 4. The molecule has 0 aliphatic rings. The first-order valence-electron chi connectivity index (χ1n) is 3.87. The molecule has 4 nitrogen and oxygen atoms in total. The second-order valence-corrected chi connectivity index (χ2v) is 2.11. The Bertz CT molecular complexity index is 250. The molecule has 0 unspecified atom stereocenters. The fourth-order valence-electron chi connectivity index (χ4n) is 0.722. The maximum absolute atomic E-state index is 11.1. The van der Waals surface area contributed by atoms with Crippen LogP contribution in [-0.2, 0) is 14.3 Å². The lowest BCUT2D eigenvalue weighted by Crippen LogP contribution is -2.09. The normalized spacial score (nSPS) is 11.2. The summed E-state index contributed by atoms with van der Waals surface area (Å²) in [5.74, 6) is -0.410. The third kappa shape index (κ3) is 3.52. The molecule has 0 atom stereocenters. The van der Waals surface area contributed by atoms with Gasteiger partial charge in [-0.3, -0.25) is 0 Å². The van der Waals surface area contributed by atoms with Crippen LogP contribution in [0.1, 0.15) is 13.8 Å². The number of hydrogen-bond acceptors (Lipinski definition) is 4. The van der Waals surface area contributed by atoms with Crippen molar-refractivity contribution in [2.75, 3.05) is 13.2 Å². The van der Waals surface area contributed by atoms with Crippen molar-refractivity contribution >= 4 is 5.97 Å². The van der Waals surface area contributed by atoms with Gasteiger partial charge in [0.1, 0.15) is 18.8 Å². The maximum Gasteiger partial charge on any atom is 0.355 e. The van der Waals surface area contributed by atoms with Gasteiger partial charge in [-0.1, -0.05) is 0 Å². The molecule has 0 radical (unpaired) electrons. The first-order chi connectivity index (χ1) is 6.17. The highest BCUT2D eigenvalue weighted by atomic mass is 16.5. The zero-order valence-electron chi connectivity index (χ0n) is 7.79. The predicted octanol–water partition coefficient (Wildman–Crippen LogP) is 1.20. The second kappa shape index (κ2) is 5.95. The number of carbonyl (C=O) groups excluding carboxylic acids is 1. The molecular weight excluding hydrogens is 170 g/mol. The fourth-order valence-corrected chi connectivity index (χ4v) is 0.722. The zero-order valence-corrected chi connectivity index (χ0v) is 7.79. The predicted molar refractivity (Wildman–Crippen MR) is 46.3 cm³/mol. The molecule has 0 aliphatic carbocycles. The number of nitriles is 1. The molecule has 0 N–H and O–H groups in total. The van der Waals surface area contributed by atoms with E-state index in [9.17, 15) is 4.79 Å². The van der Waals surface area contributed by atoms with Gasteiger partial charge < -0.3 is 9.47 Å². The first kappa shape index (κ1) is 11.4. The van der Waals surface area contributed by atoms with Gasteiger partial charge >= 0.3 is 5.97 Å². The van der Waals surface area contributed by atoms with Crippen molar-refractivity contribution in [1.29, 1.82) is 5.26 Å². The molecule has 0 heterocycles. The van der Waals surface area contributed by atoms with Crippen LogP contribution < -0.4 is 0 Å². The van der Waals surface area contributed by atoms with Gasteiger partial charge in [0.05, 0.1) is 6.61 Å². The van der Waals surface area contributed by atoms with Gasteiger partial charge in [0.2, 0.25) is 6.61 Å². The monoisotopic (exact) mass is 182 g/mol. The van der Waals surface area contributed by atoms with Crippen molar-refractivity contribution in [3.05, 3.63) is 18.3 Å². The van der Waals surface area contributed by atoms with Gasteiger partial charge in [0, 0.05) is 0 Å². The Morgan fingerprint density at radius 3 is 2.54 bits per heavy atom. The minimum absolute atomic E-state index is 0.00339. The highest BCUT2D eigenvalue weighted by Crippen LogP contribution is 2.06. The van der Waals surface area contributed by atoms with Crippen molar-refractivity contribution in [3.8, 4) is 6.07 Å². The van der Waals surface area contributed by atoms with Crippen molar-refractivity contribution in [2.24, 2.45) is 0 Å². The molecular formula is C9H12NO3+. The van der Waals surface area contributed by atoms with Gasteiger partial charge in [-0.15, -0.1) is 0 Å². The smallest absolute Gasteiger partial charge is 0.355 e. The summed E-state index contributed by atoms with van der Waals surface area (Å²) in [5.41, 5.74) is -0.106. The number of carbonyl (C=O) groups is 1. The molecule has 0 saturated heterocycles. The van der Waals surface area contributed by atoms with E-state index < -0.39 is 5.97 Å². The molecule has 0 fully saturated rings. The summed E-state index contributed by atoms with van der Waals surface area (Å²) in [6.45, 7) is 7.06. The van der Waals surface area contributed by atoms with Gasteiger partial charge in [0.15, 0.2) is 5.57 Å². The third-order valence-electron chi connectivity index (χ3n) is 1.26. The quantitative estimate of drug-likeness (QED) is 0.215.